The largest absolute Gasteiger partial charge is 0.508 e. The zero-order valence-electron chi connectivity index (χ0n) is 8.74. The molecule has 0 heterocycles. The molecule has 0 aliphatic rings. The second-order valence-electron chi connectivity index (χ2n) is 3.48. The molecule has 0 saturated carbocycles. The first-order valence-corrected chi connectivity index (χ1v) is 5.26. The van der Waals surface area contributed by atoms with E-state index in [4.69, 9.17) is 5.11 Å². The Balaban J connectivity index is 2.30. The maximum absolute atomic E-state index is 9.08. The van der Waals surface area contributed by atoms with E-state index in [1.165, 1.54) is 24.8 Å². The van der Waals surface area contributed by atoms with E-state index >= 15 is 0 Å². The van der Waals surface area contributed by atoms with Crippen LogP contribution < -0.4 is 0 Å². The highest BCUT2D eigenvalue weighted by Gasteiger charge is 1.89. The quantitative estimate of drug-likeness (QED) is 0.554. The number of hydrogen-bond donors (Lipinski definition) is 1. The van der Waals surface area contributed by atoms with E-state index < -0.39 is 0 Å². The summed E-state index contributed by atoms with van der Waals surface area (Å²) in [5.41, 5.74) is 1.25. The Morgan fingerprint density at radius 3 is 2.50 bits per heavy atom. The molecule has 0 spiro atoms. The van der Waals surface area contributed by atoms with Crippen molar-refractivity contribution < 1.29 is 5.11 Å². The average molecular weight is 190 g/mol. The van der Waals surface area contributed by atoms with E-state index in [0.29, 0.717) is 5.75 Å². The molecular formula is C13H18O. The van der Waals surface area contributed by atoms with E-state index in [0.717, 1.165) is 6.42 Å². The van der Waals surface area contributed by atoms with Crippen LogP contribution in [0.4, 0.5) is 0 Å². The third-order valence-corrected chi connectivity index (χ3v) is 2.18. The van der Waals surface area contributed by atoms with Crippen LogP contribution in [0.25, 0.3) is 0 Å². The molecule has 0 aliphatic heterocycles. The summed E-state index contributed by atoms with van der Waals surface area (Å²) in [5.74, 6) is 0.337. The number of rotatable bonds is 5. The first kappa shape index (κ1) is 10.8. The first-order valence-electron chi connectivity index (χ1n) is 5.26. The Morgan fingerprint density at radius 1 is 1.14 bits per heavy atom. The van der Waals surface area contributed by atoms with Gasteiger partial charge in [-0.3, -0.25) is 0 Å². The number of benzene rings is 1. The van der Waals surface area contributed by atoms with Crippen molar-refractivity contribution >= 4 is 0 Å². The first-order chi connectivity index (χ1) is 6.83. The maximum atomic E-state index is 9.08. The standard InChI is InChI=1S/C13H18O/c1-2-3-4-5-6-7-12-8-10-13(14)11-9-12/h5-6,8-11,14H,2-4,7H2,1H3. The second kappa shape index (κ2) is 6.25. The summed E-state index contributed by atoms with van der Waals surface area (Å²) in [6.07, 6.45) is 9.09. The minimum atomic E-state index is 0.337. The van der Waals surface area contributed by atoms with Crippen LogP contribution in [0, 0.1) is 0 Å². The van der Waals surface area contributed by atoms with E-state index in [1.807, 2.05) is 12.1 Å². The van der Waals surface area contributed by atoms with Crippen molar-refractivity contribution in [3.63, 3.8) is 0 Å². The van der Waals surface area contributed by atoms with Crippen LogP contribution in [-0.4, -0.2) is 5.11 Å². The van der Waals surface area contributed by atoms with Gasteiger partial charge in [0, 0.05) is 0 Å². The molecule has 1 heteroatoms. The number of allylic oxidation sites excluding steroid dienone is 2. The van der Waals surface area contributed by atoms with E-state index in [9.17, 15) is 0 Å². The highest BCUT2D eigenvalue weighted by atomic mass is 16.3. The highest BCUT2D eigenvalue weighted by Crippen LogP contribution is 2.10. The number of phenolic OH excluding ortho intramolecular Hbond substituents is 1. The van der Waals surface area contributed by atoms with Gasteiger partial charge in [-0.25, -0.2) is 0 Å². The highest BCUT2D eigenvalue weighted by molar-refractivity contribution is 5.27. The normalized spacial score (nSPS) is 10.9. The van der Waals surface area contributed by atoms with Crippen LogP contribution in [0.5, 0.6) is 5.75 Å². The fourth-order valence-electron chi connectivity index (χ4n) is 1.29. The Labute approximate surface area is 86.1 Å². The van der Waals surface area contributed by atoms with Gasteiger partial charge in [0.05, 0.1) is 0 Å². The molecule has 0 aliphatic carbocycles. The lowest BCUT2D eigenvalue weighted by Crippen LogP contribution is -1.79. The van der Waals surface area contributed by atoms with Crippen molar-refractivity contribution in [2.24, 2.45) is 0 Å². The summed E-state index contributed by atoms with van der Waals surface area (Å²) in [6, 6.07) is 7.38. The average Bonchev–Trinajstić information content (AvgIpc) is 2.21. The fourth-order valence-corrected chi connectivity index (χ4v) is 1.29. The predicted molar refractivity (Wildman–Crippen MR) is 60.5 cm³/mol. The molecule has 0 saturated heterocycles. The monoisotopic (exact) mass is 190 g/mol. The molecule has 1 aromatic carbocycles. The van der Waals surface area contributed by atoms with Gasteiger partial charge >= 0.3 is 0 Å². The van der Waals surface area contributed by atoms with Crippen LogP contribution in [0.1, 0.15) is 31.7 Å². The molecule has 1 aromatic rings. The van der Waals surface area contributed by atoms with Crippen LogP contribution >= 0.6 is 0 Å². The van der Waals surface area contributed by atoms with E-state index in [1.54, 1.807) is 12.1 Å². The summed E-state index contributed by atoms with van der Waals surface area (Å²) < 4.78 is 0. The number of hydrogen-bond acceptors (Lipinski definition) is 1. The molecule has 0 bridgehead atoms. The topological polar surface area (TPSA) is 20.2 Å². The van der Waals surface area contributed by atoms with Crippen LogP contribution in [-0.2, 0) is 6.42 Å². The minimum absolute atomic E-state index is 0.337. The van der Waals surface area contributed by atoms with Crippen molar-refractivity contribution in [1.29, 1.82) is 0 Å². The zero-order valence-corrected chi connectivity index (χ0v) is 8.74. The van der Waals surface area contributed by atoms with Crippen molar-refractivity contribution in [3.8, 4) is 5.75 Å². The van der Waals surface area contributed by atoms with Crippen molar-refractivity contribution in [3.05, 3.63) is 42.0 Å². The predicted octanol–water partition coefficient (Wildman–Crippen LogP) is 3.68. The molecule has 1 rings (SSSR count). The number of phenols is 1. The molecule has 1 nitrogen and oxygen atoms in total. The van der Waals surface area contributed by atoms with Crippen LogP contribution in [0.2, 0.25) is 0 Å². The summed E-state index contributed by atoms with van der Waals surface area (Å²) in [7, 11) is 0. The third-order valence-electron chi connectivity index (χ3n) is 2.18. The molecule has 1 N–H and O–H groups in total. The van der Waals surface area contributed by atoms with Crippen molar-refractivity contribution in [2.45, 2.75) is 32.6 Å². The van der Waals surface area contributed by atoms with Crippen LogP contribution in [0.3, 0.4) is 0 Å². The zero-order chi connectivity index (χ0) is 10.2. The lowest BCUT2D eigenvalue weighted by molar-refractivity contribution is 0.475. The molecule has 14 heavy (non-hydrogen) atoms. The van der Waals surface area contributed by atoms with Gasteiger partial charge in [-0.2, -0.15) is 0 Å². The Kier molecular flexibility index (Phi) is 4.84. The fraction of sp³-hybridized carbons (Fsp3) is 0.385. The minimum Gasteiger partial charge on any atom is -0.508 e. The van der Waals surface area contributed by atoms with E-state index in [-0.39, 0.29) is 0 Å². The van der Waals surface area contributed by atoms with E-state index in [2.05, 4.69) is 19.1 Å². The molecular weight excluding hydrogens is 172 g/mol. The third kappa shape index (κ3) is 4.13. The molecule has 0 amide bonds. The Bertz CT molecular complexity index is 272. The van der Waals surface area contributed by atoms with Gasteiger partial charge in [0.15, 0.2) is 0 Å². The van der Waals surface area contributed by atoms with Gasteiger partial charge in [0.1, 0.15) is 5.75 Å². The van der Waals surface area contributed by atoms with Gasteiger partial charge in [0.2, 0.25) is 0 Å². The Morgan fingerprint density at radius 2 is 1.86 bits per heavy atom. The van der Waals surface area contributed by atoms with Gasteiger partial charge in [0.25, 0.3) is 0 Å². The molecule has 0 atom stereocenters. The summed E-state index contributed by atoms with van der Waals surface area (Å²) in [5, 5.41) is 9.08. The maximum Gasteiger partial charge on any atom is 0.115 e. The smallest absolute Gasteiger partial charge is 0.115 e. The van der Waals surface area contributed by atoms with Gasteiger partial charge < -0.3 is 5.11 Å². The van der Waals surface area contributed by atoms with Crippen molar-refractivity contribution in [1.82, 2.24) is 0 Å². The second-order valence-corrected chi connectivity index (χ2v) is 3.48. The van der Waals surface area contributed by atoms with Gasteiger partial charge in [-0.15, -0.1) is 0 Å². The van der Waals surface area contributed by atoms with Crippen LogP contribution in [0.15, 0.2) is 36.4 Å². The van der Waals surface area contributed by atoms with Gasteiger partial charge in [-0.05, 0) is 30.5 Å². The lowest BCUT2D eigenvalue weighted by Gasteiger charge is -1.96. The molecule has 76 valence electrons. The van der Waals surface area contributed by atoms with Crippen molar-refractivity contribution in [2.75, 3.05) is 0 Å². The molecule has 0 radical (unpaired) electrons. The summed E-state index contributed by atoms with van der Waals surface area (Å²) in [4.78, 5) is 0. The number of unbranched alkanes of at least 4 members (excludes halogenated alkanes) is 2. The lowest BCUT2D eigenvalue weighted by atomic mass is 10.1. The molecule has 0 unspecified atom stereocenters. The summed E-state index contributed by atoms with van der Waals surface area (Å²) >= 11 is 0. The molecule has 0 fully saturated rings. The summed E-state index contributed by atoms with van der Waals surface area (Å²) in [6.45, 7) is 2.20. The van der Waals surface area contributed by atoms with Gasteiger partial charge in [-0.1, -0.05) is 44.1 Å². The molecule has 0 aromatic heterocycles. The number of aromatic hydroxyl groups is 1. The SMILES string of the molecule is CCCCC=CCc1ccc(O)cc1. The Hall–Kier alpha value is -1.24.